The van der Waals surface area contributed by atoms with E-state index < -0.39 is 0 Å². The maximum absolute atomic E-state index is 5.20. The first-order valence-corrected chi connectivity index (χ1v) is 6.83. The molecule has 0 unspecified atom stereocenters. The largest absolute Gasteiger partial charge is 0.497 e. The Morgan fingerprint density at radius 2 is 1.67 bits per heavy atom. The highest BCUT2D eigenvalue weighted by Crippen LogP contribution is 2.24. The van der Waals surface area contributed by atoms with Gasteiger partial charge in [-0.05, 0) is 49.7 Å². The zero-order valence-electron chi connectivity index (χ0n) is 12.4. The molecule has 4 nitrogen and oxygen atoms in total. The lowest BCUT2D eigenvalue weighted by Crippen LogP contribution is -2.01. The van der Waals surface area contributed by atoms with Crippen LogP contribution in [0.2, 0.25) is 0 Å². The van der Waals surface area contributed by atoms with E-state index in [2.05, 4.69) is 29.1 Å². The van der Waals surface area contributed by atoms with Gasteiger partial charge in [-0.1, -0.05) is 18.2 Å². The monoisotopic (exact) mass is 279 g/mol. The van der Waals surface area contributed by atoms with Crippen LogP contribution >= 0.6 is 0 Å². The SMILES string of the molecule is COc1ccc(-c2nc(C)nn2-c2ccccc2C)cc1. The molecule has 1 aromatic heterocycles. The second-order valence-electron chi connectivity index (χ2n) is 4.91. The predicted octanol–water partition coefficient (Wildman–Crippen LogP) is 3.56. The van der Waals surface area contributed by atoms with Crippen molar-refractivity contribution in [2.75, 3.05) is 7.11 Å². The van der Waals surface area contributed by atoms with Gasteiger partial charge in [0.25, 0.3) is 0 Å². The average Bonchev–Trinajstić information content (AvgIpc) is 2.89. The number of rotatable bonds is 3. The van der Waals surface area contributed by atoms with Crippen LogP contribution in [-0.4, -0.2) is 21.9 Å². The highest BCUT2D eigenvalue weighted by Gasteiger charge is 2.13. The zero-order chi connectivity index (χ0) is 14.8. The van der Waals surface area contributed by atoms with Crippen molar-refractivity contribution in [3.05, 3.63) is 59.9 Å². The Hall–Kier alpha value is -2.62. The molecule has 0 radical (unpaired) electrons. The molecule has 0 saturated carbocycles. The quantitative estimate of drug-likeness (QED) is 0.736. The maximum atomic E-state index is 5.20. The molecule has 0 bridgehead atoms. The van der Waals surface area contributed by atoms with Gasteiger partial charge in [0, 0.05) is 5.56 Å². The first-order chi connectivity index (χ1) is 10.2. The molecular weight excluding hydrogens is 262 g/mol. The smallest absolute Gasteiger partial charge is 0.163 e. The molecule has 0 saturated heterocycles. The Balaban J connectivity index is 2.13. The van der Waals surface area contributed by atoms with Crippen LogP contribution in [0.4, 0.5) is 0 Å². The lowest BCUT2D eigenvalue weighted by Gasteiger charge is -2.09. The third-order valence-corrected chi connectivity index (χ3v) is 3.40. The Labute approximate surface area is 124 Å². The number of ether oxygens (including phenoxy) is 1. The summed E-state index contributed by atoms with van der Waals surface area (Å²) in [6.07, 6.45) is 0. The summed E-state index contributed by atoms with van der Waals surface area (Å²) >= 11 is 0. The molecule has 0 fully saturated rings. The fraction of sp³-hybridized carbons (Fsp3) is 0.176. The molecule has 0 aliphatic rings. The molecule has 0 aliphatic heterocycles. The highest BCUT2D eigenvalue weighted by atomic mass is 16.5. The van der Waals surface area contributed by atoms with Crippen LogP contribution in [0.25, 0.3) is 17.1 Å². The Morgan fingerprint density at radius 1 is 0.952 bits per heavy atom. The molecule has 21 heavy (non-hydrogen) atoms. The Kier molecular flexibility index (Phi) is 3.44. The number of aromatic nitrogens is 3. The van der Waals surface area contributed by atoms with Crippen molar-refractivity contribution in [3.8, 4) is 22.8 Å². The van der Waals surface area contributed by atoms with E-state index in [0.29, 0.717) is 0 Å². The molecule has 3 aromatic rings. The van der Waals surface area contributed by atoms with Crippen LogP contribution in [0.3, 0.4) is 0 Å². The molecule has 0 amide bonds. The van der Waals surface area contributed by atoms with Gasteiger partial charge in [-0.2, -0.15) is 5.10 Å². The van der Waals surface area contributed by atoms with Gasteiger partial charge in [-0.15, -0.1) is 0 Å². The lowest BCUT2D eigenvalue weighted by atomic mass is 10.1. The molecule has 2 aromatic carbocycles. The fourth-order valence-electron chi connectivity index (χ4n) is 2.31. The molecule has 4 heteroatoms. The second-order valence-corrected chi connectivity index (χ2v) is 4.91. The van der Waals surface area contributed by atoms with Crippen LogP contribution in [0.1, 0.15) is 11.4 Å². The number of nitrogens with zero attached hydrogens (tertiary/aromatic N) is 3. The van der Waals surface area contributed by atoms with Crippen LogP contribution in [-0.2, 0) is 0 Å². The average molecular weight is 279 g/mol. The summed E-state index contributed by atoms with van der Waals surface area (Å²) in [5, 5.41) is 4.53. The summed E-state index contributed by atoms with van der Waals surface area (Å²) < 4.78 is 7.10. The number of methoxy groups -OCH3 is 1. The number of hydrogen-bond acceptors (Lipinski definition) is 3. The van der Waals surface area contributed by atoms with E-state index in [0.717, 1.165) is 34.2 Å². The van der Waals surface area contributed by atoms with E-state index >= 15 is 0 Å². The summed E-state index contributed by atoms with van der Waals surface area (Å²) in [5.74, 6) is 2.42. The van der Waals surface area contributed by atoms with E-state index in [9.17, 15) is 0 Å². The van der Waals surface area contributed by atoms with Crippen molar-refractivity contribution in [2.24, 2.45) is 0 Å². The maximum Gasteiger partial charge on any atom is 0.163 e. The molecule has 3 rings (SSSR count). The van der Waals surface area contributed by atoms with Crippen molar-refractivity contribution in [3.63, 3.8) is 0 Å². The summed E-state index contributed by atoms with van der Waals surface area (Å²) in [5.41, 5.74) is 3.22. The Morgan fingerprint density at radius 3 is 2.33 bits per heavy atom. The molecular formula is C17H17N3O. The van der Waals surface area contributed by atoms with E-state index in [1.807, 2.05) is 48.0 Å². The standard InChI is InChI=1S/C17H17N3O/c1-12-6-4-5-7-16(12)20-17(18-13(2)19-20)14-8-10-15(21-3)11-9-14/h4-11H,1-3H3. The van der Waals surface area contributed by atoms with Gasteiger partial charge in [0.15, 0.2) is 5.82 Å². The first kappa shape index (κ1) is 13.4. The summed E-state index contributed by atoms with van der Waals surface area (Å²) in [7, 11) is 1.66. The van der Waals surface area contributed by atoms with Gasteiger partial charge in [0.1, 0.15) is 11.6 Å². The van der Waals surface area contributed by atoms with E-state index in [-0.39, 0.29) is 0 Å². The zero-order valence-corrected chi connectivity index (χ0v) is 12.4. The van der Waals surface area contributed by atoms with Crippen molar-refractivity contribution in [1.82, 2.24) is 14.8 Å². The summed E-state index contributed by atoms with van der Waals surface area (Å²) in [6.45, 7) is 3.98. The Bertz CT molecular complexity index is 760. The van der Waals surface area contributed by atoms with Crippen molar-refractivity contribution in [2.45, 2.75) is 13.8 Å². The van der Waals surface area contributed by atoms with Gasteiger partial charge in [0.2, 0.25) is 0 Å². The number of hydrogen-bond donors (Lipinski definition) is 0. The third kappa shape index (κ3) is 2.52. The molecule has 1 heterocycles. The first-order valence-electron chi connectivity index (χ1n) is 6.83. The minimum Gasteiger partial charge on any atom is -0.497 e. The van der Waals surface area contributed by atoms with Crippen LogP contribution < -0.4 is 4.74 Å². The van der Waals surface area contributed by atoms with Gasteiger partial charge in [0.05, 0.1) is 12.8 Å². The molecule has 0 spiro atoms. The van der Waals surface area contributed by atoms with Crippen LogP contribution in [0.15, 0.2) is 48.5 Å². The van der Waals surface area contributed by atoms with E-state index in [1.165, 1.54) is 0 Å². The van der Waals surface area contributed by atoms with Gasteiger partial charge in [-0.25, -0.2) is 9.67 Å². The predicted molar refractivity (Wildman–Crippen MR) is 82.8 cm³/mol. The summed E-state index contributed by atoms with van der Waals surface area (Å²) in [6, 6.07) is 16.0. The highest BCUT2D eigenvalue weighted by molar-refractivity contribution is 5.60. The molecule has 106 valence electrons. The van der Waals surface area contributed by atoms with Crippen LogP contribution in [0.5, 0.6) is 5.75 Å². The number of aryl methyl sites for hydroxylation is 2. The third-order valence-electron chi connectivity index (χ3n) is 3.40. The van der Waals surface area contributed by atoms with Crippen molar-refractivity contribution >= 4 is 0 Å². The molecule has 0 aliphatic carbocycles. The molecule has 0 N–H and O–H groups in total. The normalized spacial score (nSPS) is 10.6. The second kappa shape index (κ2) is 5.40. The number of benzene rings is 2. The summed E-state index contributed by atoms with van der Waals surface area (Å²) in [4.78, 5) is 4.56. The minimum atomic E-state index is 0.754. The minimum absolute atomic E-state index is 0.754. The van der Waals surface area contributed by atoms with E-state index in [1.54, 1.807) is 7.11 Å². The van der Waals surface area contributed by atoms with Crippen molar-refractivity contribution in [1.29, 1.82) is 0 Å². The van der Waals surface area contributed by atoms with E-state index in [4.69, 9.17) is 4.74 Å². The lowest BCUT2D eigenvalue weighted by molar-refractivity contribution is 0.415. The number of para-hydroxylation sites is 1. The van der Waals surface area contributed by atoms with Crippen LogP contribution in [0, 0.1) is 13.8 Å². The topological polar surface area (TPSA) is 39.9 Å². The van der Waals surface area contributed by atoms with Crippen molar-refractivity contribution < 1.29 is 4.74 Å². The van der Waals surface area contributed by atoms with Gasteiger partial charge in [-0.3, -0.25) is 0 Å². The molecule has 0 atom stereocenters. The fourth-order valence-corrected chi connectivity index (χ4v) is 2.31. The van der Waals surface area contributed by atoms with Gasteiger partial charge < -0.3 is 4.74 Å². The van der Waals surface area contributed by atoms with Gasteiger partial charge >= 0.3 is 0 Å².